The minimum atomic E-state index is 0.828. The van der Waals surface area contributed by atoms with Crippen LogP contribution >= 0.6 is 0 Å². The monoisotopic (exact) mass is 334 g/mol. The molecule has 2 aliphatic rings. The molecule has 5 rings (SSSR count). The van der Waals surface area contributed by atoms with Gasteiger partial charge in [-0.1, -0.05) is 31.4 Å². The quantitative estimate of drug-likeness (QED) is 0.709. The highest BCUT2D eigenvalue weighted by atomic mass is 15.3. The summed E-state index contributed by atoms with van der Waals surface area (Å²) in [6.45, 7) is 4.52. The molecule has 1 aliphatic heterocycles. The predicted octanol–water partition coefficient (Wildman–Crippen LogP) is 3.94. The van der Waals surface area contributed by atoms with Crippen molar-refractivity contribution in [3.05, 3.63) is 42.6 Å². The van der Waals surface area contributed by atoms with Crippen molar-refractivity contribution in [1.82, 2.24) is 14.3 Å². The summed E-state index contributed by atoms with van der Waals surface area (Å²) < 4.78 is 2.28. The predicted molar refractivity (Wildman–Crippen MR) is 103 cm³/mol. The Bertz CT molecular complexity index is 870. The molecule has 0 atom stereocenters. The Morgan fingerprint density at radius 1 is 0.800 bits per heavy atom. The van der Waals surface area contributed by atoms with Gasteiger partial charge in [-0.2, -0.15) is 0 Å². The molecule has 1 aromatic carbocycles. The molecule has 0 spiro atoms. The van der Waals surface area contributed by atoms with Gasteiger partial charge in [0.15, 0.2) is 5.82 Å². The molecule has 1 aliphatic carbocycles. The topological polar surface area (TPSA) is 23.8 Å². The summed E-state index contributed by atoms with van der Waals surface area (Å²) >= 11 is 0. The third-order valence-electron chi connectivity index (χ3n) is 6.05. The van der Waals surface area contributed by atoms with Crippen LogP contribution in [0.2, 0.25) is 0 Å². The van der Waals surface area contributed by atoms with Gasteiger partial charge in [-0.3, -0.25) is 4.90 Å². The lowest BCUT2D eigenvalue weighted by atomic mass is 9.94. The maximum atomic E-state index is 5.02. The standard InChI is InChI=1S/C21H26N4/c1-2-7-17(8-3-1)23-13-15-24(16-14-23)21-20-11-6-12-25(20)19-10-5-4-9-18(19)22-21/h4-6,9-12,17H,1-3,7-8,13-16H2. The Labute approximate surface area is 149 Å². The van der Waals surface area contributed by atoms with E-state index in [-0.39, 0.29) is 0 Å². The first-order valence-corrected chi connectivity index (χ1v) is 9.75. The number of fused-ring (bicyclic) bond motifs is 3. The number of anilines is 1. The Morgan fingerprint density at radius 2 is 1.56 bits per heavy atom. The molecule has 4 heteroatoms. The SMILES string of the molecule is c1ccc2c(c1)nc(N1CCN(C3CCCCC3)CC1)c1cccn12. The van der Waals surface area contributed by atoms with Crippen LogP contribution in [-0.2, 0) is 0 Å². The minimum absolute atomic E-state index is 0.828. The van der Waals surface area contributed by atoms with Gasteiger partial charge >= 0.3 is 0 Å². The second kappa shape index (κ2) is 6.34. The molecule has 3 heterocycles. The van der Waals surface area contributed by atoms with Gasteiger partial charge in [0.05, 0.1) is 16.6 Å². The van der Waals surface area contributed by atoms with Crippen molar-refractivity contribution < 1.29 is 0 Å². The van der Waals surface area contributed by atoms with E-state index in [1.54, 1.807) is 0 Å². The summed E-state index contributed by atoms with van der Waals surface area (Å²) in [4.78, 5) is 10.2. The lowest BCUT2D eigenvalue weighted by molar-refractivity contribution is 0.148. The zero-order valence-electron chi connectivity index (χ0n) is 14.8. The second-order valence-electron chi connectivity index (χ2n) is 7.50. The molecule has 1 saturated carbocycles. The number of rotatable bonds is 2. The maximum absolute atomic E-state index is 5.02. The van der Waals surface area contributed by atoms with E-state index in [9.17, 15) is 0 Å². The molecule has 0 radical (unpaired) electrons. The third kappa shape index (κ3) is 2.69. The van der Waals surface area contributed by atoms with E-state index >= 15 is 0 Å². The second-order valence-corrected chi connectivity index (χ2v) is 7.50. The van der Waals surface area contributed by atoms with Gasteiger partial charge in [0.1, 0.15) is 0 Å². The van der Waals surface area contributed by atoms with Gasteiger partial charge in [-0.15, -0.1) is 0 Å². The summed E-state index contributed by atoms with van der Waals surface area (Å²) in [6, 6.07) is 13.6. The summed E-state index contributed by atoms with van der Waals surface area (Å²) in [5.41, 5.74) is 3.49. The largest absolute Gasteiger partial charge is 0.352 e. The molecule has 0 N–H and O–H groups in total. The van der Waals surface area contributed by atoms with Gasteiger partial charge < -0.3 is 9.30 Å². The highest BCUT2D eigenvalue weighted by molar-refractivity contribution is 5.85. The van der Waals surface area contributed by atoms with Crippen LogP contribution in [0.4, 0.5) is 5.82 Å². The Morgan fingerprint density at radius 3 is 2.40 bits per heavy atom. The highest BCUT2D eigenvalue weighted by Crippen LogP contribution is 2.28. The average Bonchev–Trinajstić information content (AvgIpc) is 3.18. The van der Waals surface area contributed by atoms with Crippen LogP contribution < -0.4 is 4.90 Å². The fourth-order valence-electron chi connectivity index (χ4n) is 4.68. The maximum Gasteiger partial charge on any atom is 0.153 e. The van der Waals surface area contributed by atoms with Crippen molar-refractivity contribution >= 4 is 22.4 Å². The highest BCUT2D eigenvalue weighted by Gasteiger charge is 2.26. The van der Waals surface area contributed by atoms with E-state index in [2.05, 4.69) is 56.8 Å². The van der Waals surface area contributed by atoms with E-state index in [1.807, 2.05) is 0 Å². The van der Waals surface area contributed by atoms with E-state index < -0.39 is 0 Å². The minimum Gasteiger partial charge on any atom is -0.352 e. The molecule has 4 nitrogen and oxygen atoms in total. The van der Waals surface area contributed by atoms with E-state index in [4.69, 9.17) is 4.98 Å². The molecular formula is C21H26N4. The van der Waals surface area contributed by atoms with Gasteiger partial charge in [0.25, 0.3) is 0 Å². The Balaban J connectivity index is 1.42. The molecule has 25 heavy (non-hydrogen) atoms. The van der Waals surface area contributed by atoms with Crippen molar-refractivity contribution in [3.63, 3.8) is 0 Å². The first-order chi connectivity index (χ1) is 12.4. The normalized spacial score (nSPS) is 20.6. The number of hydrogen-bond donors (Lipinski definition) is 0. The number of hydrogen-bond acceptors (Lipinski definition) is 3. The molecule has 0 unspecified atom stereocenters. The molecule has 1 saturated heterocycles. The van der Waals surface area contributed by atoms with Gasteiger partial charge in [-0.25, -0.2) is 4.98 Å². The number of piperazine rings is 1. The summed E-state index contributed by atoms with van der Waals surface area (Å²) in [5.74, 6) is 1.15. The van der Waals surface area contributed by atoms with Crippen molar-refractivity contribution in [3.8, 4) is 0 Å². The fourth-order valence-corrected chi connectivity index (χ4v) is 4.68. The van der Waals surface area contributed by atoms with Crippen LogP contribution in [0.25, 0.3) is 16.6 Å². The Kier molecular flexibility index (Phi) is 3.86. The van der Waals surface area contributed by atoms with Crippen molar-refractivity contribution in [2.24, 2.45) is 0 Å². The number of benzene rings is 1. The zero-order chi connectivity index (χ0) is 16.6. The molecule has 2 fully saturated rings. The third-order valence-corrected chi connectivity index (χ3v) is 6.05. The van der Waals surface area contributed by atoms with Crippen LogP contribution in [0.3, 0.4) is 0 Å². The van der Waals surface area contributed by atoms with Gasteiger partial charge in [0, 0.05) is 38.4 Å². The molecule has 3 aromatic rings. The number of aromatic nitrogens is 2. The molecule has 0 bridgehead atoms. The fraction of sp³-hybridized carbons (Fsp3) is 0.476. The van der Waals surface area contributed by atoms with E-state index in [0.29, 0.717) is 0 Å². The first-order valence-electron chi connectivity index (χ1n) is 9.75. The van der Waals surface area contributed by atoms with E-state index in [0.717, 1.165) is 30.5 Å². The molecule has 0 amide bonds. The van der Waals surface area contributed by atoms with Crippen molar-refractivity contribution in [2.75, 3.05) is 31.1 Å². The van der Waals surface area contributed by atoms with Crippen LogP contribution in [0, 0.1) is 0 Å². The number of nitrogens with zero attached hydrogens (tertiary/aromatic N) is 4. The van der Waals surface area contributed by atoms with Crippen LogP contribution in [0.15, 0.2) is 42.6 Å². The van der Waals surface area contributed by atoms with Crippen molar-refractivity contribution in [1.29, 1.82) is 0 Å². The van der Waals surface area contributed by atoms with Gasteiger partial charge in [-0.05, 0) is 37.1 Å². The molecule has 2 aromatic heterocycles. The van der Waals surface area contributed by atoms with Crippen LogP contribution in [0.1, 0.15) is 32.1 Å². The lowest BCUT2D eigenvalue weighted by Gasteiger charge is -2.41. The summed E-state index contributed by atoms with van der Waals surface area (Å²) in [7, 11) is 0. The summed E-state index contributed by atoms with van der Waals surface area (Å²) in [6.07, 6.45) is 9.23. The first kappa shape index (κ1) is 15.2. The van der Waals surface area contributed by atoms with Gasteiger partial charge in [0.2, 0.25) is 0 Å². The van der Waals surface area contributed by atoms with E-state index in [1.165, 1.54) is 56.2 Å². The molecule has 130 valence electrons. The summed E-state index contributed by atoms with van der Waals surface area (Å²) in [5, 5.41) is 0. The smallest absolute Gasteiger partial charge is 0.153 e. The van der Waals surface area contributed by atoms with Crippen LogP contribution in [0.5, 0.6) is 0 Å². The average molecular weight is 334 g/mol. The number of para-hydroxylation sites is 2. The van der Waals surface area contributed by atoms with Crippen molar-refractivity contribution in [2.45, 2.75) is 38.1 Å². The lowest BCUT2D eigenvalue weighted by Crippen LogP contribution is -2.51. The Hall–Kier alpha value is -2.07. The zero-order valence-corrected chi connectivity index (χ0v) is 14.8. The molecular weight excluding hydrogens is 308 g/mol. The van der Waals surface area contributed by atoms with Crippen LogP contribution in [-0.4, -0.2) is 46.5 Å².